The largest absolute Gasteiger partial charge is 0.325 e. The second-order valence-electron chi connectivity index (χ2n) is 4.33. The van der Waals surface area contributed by atoms with E-state index in [4.69, 9.17) is 17.3 Å². The molecule has 1 heterocycles. The van der Waals surface area contributed by atoms with Gasteiger partial charge in [-0.3, -0.25) is 0 Å². The number of aromatic nitrogens is 1. The molecular formula is C13H17ClN2. The van der Waals surface area contributed by atoms with E-state index in [1.807, 2.05) is 6.07 Å². The van der Waals surface area contributed by atoms with Gasteiger partial charge in [0.25, 0.3) is 0 Å². The van der Waals surface area contributed by atoms with Gasteiger partial charge in [0.1, 0.15) is 5.15 Å². The number of hydrogen-bond donors (Lipinski definition) is 1. The molecule has 1 aliphatic carbocycles. The lowest BCUT2D eigenvalue weighted by molar-refractivity contribution is 0.538. The molecule has 86 valence electrons. The molecule has 1 atom stereocenters. The van der Waals surface area contributed by atoms with Crippen molar-refractivity contribution in [1.29, 1.82) is 0 Å². The van der Waals surface area contributed by atoms with Gasteiger partial charge in [-0.05, 0) is 30.9 Å². The Bertz CT molecular complexity index is 401. The Hall–Kier alpha value is -0.860. The summed E-state index contributed by atoms with van der Waals surface area (Å²) in [4.78, 5) is 4.30. The molecule has 1 fully saturated rings. The van der Waals surface area contributed by atoms with Crippen LogP contribution >= 0.6 is 11.6 Å². The minimum Gasteiger partial charge on any atom is -0.325 e. The Balaban J connectivity index is 2.34. The molecule has 0 spiro atoms. The number of halogens is 1. The highest BCUT2D eigenvalue weighted by Gasteiger charge is 2.21. The topological polar surface area (TPSA) is 38.9 Å². The van der Waals surface area contributed by atoms with E-state index in [0.29, 0.717) is 17.6 Å². The fourth-order valence-corrected chi connectivity index (χ4v) is 2.59. The van der Waals surface area contributed by atoms with Crippen LogP contribution in [0.2, 0.25) is 5.15 Å². The number of allylic oxidation sites excluding steroid dienone is 1. The van der Waals surface area contributed by atoms with E-state index >= 15 is 0 Å². The lowest BCUT2D eigenvalue weighted by Crippen LogP contribution is -2.13. The zero-order valence-corrected chi connectivity index (χ0v) is 10.1. The number of hydrogen-bond acceptors (Lipinski definition) is 2. The minimum atomic E-state index is 0.428. The van der Waals surface area contributed by atoms with Crippen LogP contribution in [0.1, 0.15) is 42.9 Å². The van der Waals surface area contributed by atoms with Crippen LogP contribution in [0.15, 0.2) is 24.3 Å². The van der Waals surface area contributed by atoms with Crippen LogP contribution in [0, 0.1) is 0 Å². The van der Waals surface area contributed by atoms with Crippen LogP contribution in [0.4, 0.5) is 0 Å². The predicted octanol–water partition coefficient (Wildman–Crippen LogP) is 3.41. The van der Waals surface area contributed by atoms with Crippen LogP contribution < -0.4 is 5.73 Å². The number of pyridine rings is 1. The smallest absolute Gasteiger partial charge is 0.129 e. The van der Waals surface area contributed by atoms with Gasteiger partial charge in [-0.25, -0.2) is 4.98 Å². The maximum absolute atomic E-state index is 5.88. The standard InChI is InChI=1S/C13H17ClN2/c1-9-4-2-3-5-10(9)11-6-7-13(14)16-12(11)8-15/h6-7,10H,1-5,8,15H2. The lowest BCUT2D eigenvalue weighted by Gasteiger charge is -2.26. The molecule has 2 N–H and O–H groups in total. The zero-order valence-electron chi connectivity index (χ0n) is 9.38. The maximum atomic E-state index is 5.88. The molecule has 1 aromatic rings. The first-order valence-electron chi connectivity index (χ1n) is 5.75. The summed E-state index contributed by atoms with van der Waals surface area (Å²) < 4.78 is 0. The van der Waals surface area contributed by atoms with E-state index in [1.54, 1.807) is 0 Å². The third-order valence-electron chi connectivity index (χ3n) is 3.28. The summed E-state index contributed by atoms with van der Waals surface area (Å²) in [5, 5.41) is 0.519. The summed E-state index contributed by atoms with van der Waals surface area (Å²) in [6, 6.07) is 3.90. The second kappa shape index (κ2) is 4.98. The van der Waals surface area contributed by atoms with E-state index in [1.165, 1.54) is 24.0 Å². The van der Waals surface area contributed by atoms with Crippen molar-refractivity contribution < 1.29 is 0 Å². The Morgan fingerprint density at radius 3 is 2.94 bits per heavy atom. The van der Waals surface area contributed by atoms with E-state index in [-0.39, 0.29) is 0 Å². The van der Waals surface area contributed by atoms with Crippen molar-refractivity contribution in [1.82, 2.24) is 4.98 Å². The third kappa shape index (κ3) is 2.28. The Kier molecular flexibility index (Phi) is 3.62. The maximum Gasteiger partial charge on any atom is 0.129 e. The van der Waals surface area contributed by atoms with Gasteiger partial charge in [0.15, 0.2) is 0 Å². The number of nitrogens with two attached hydrogens (primary N) is 1. The van der Waals surface area contributed by atoms with Gasteiger partial charge in [-0.2, -0.15) is 0 Å². The zero-order chi connectivity index (χ0) is 11.5. The van der Waals surface area contributed by atoms with Gasteiger partial charge < -0.3 is 5.73 Å². The van der Waals surface area contributed by atoms with E-state index in [9.17, 15) is 0 Å². The van der Waals surface area contributed by atoms with Crippen LogP contribution in [-0.4, -0.2) is 4.98 Å². The second-order valence-corrected chi connectivity index (χ2v) is 4.72. The highest BCUT2D eigenvalue weighted by atomic mass is 35.5. The molecule has 3 heteroatoms. The molecule has 1 aliphatic rings. The van der Waals surface area contributed by atoms with Crippen molar-refractivity contribution in [3.05, 3.63) is 40.7 Å². The van der Waals surface area contributed by atoms with E-state index < -0.39 is 0 Å². The van der Waals surface area contributed by atoms with E-state index in [0.717, 1.165) is 18.5 Å². The summed E-state index contributed by atoms with van der Waals surface area (Å²) >= 11 is 5.88. The Morgan fingerprint density at radius 1 is 1.44 bits per heavy atom. The lowest BCUT2D eigenvalue weighted by atomic mass is 9.80. The fourth-order valence-electron chi connectivity index (χ4n) is 2.42. The van der Waals surface area contributed by atoms with Crippen molar-refractivity contribution in [3.63, 3.8) is 0 Å². The van der Waals surface area contributed by atoms with Gasteiger partial charge in [-0.15, -0.1) is 0 Å². The highest BCUT2D eigenvalue weighted by Crippen LogP contribution is 2.37. The predicted molar refractivity (Wildman–Crippen MR) is 67.5 cm³/mol. The first kappa shape index (κ1) is 11.6. The average Bonchev–Trinajstić information content (AvgIpc) is 2.30. The SMILES string of the molecule is C=C1CCCCC1c1ccc(Cl)nc1CN. The molecule has 2 rings (SSSR count). The molecular weight excluding hydrogens is 220 g/mol. The van der Waals surface area contributed by atoms with Crippen molar-refractivity contribution in [2.75, 3.05) is 0 Å². The van der Waals surface area contributed by atoms with Crippen molar-refractivity contribution >= 4 is 11.6 Å². The molecule has 16 heavy (non-hydrogen) atoms. The quantitative estimate of drug-likeness (QED) is 0.631. The van der Waals surface area contributed by atoms with Crippen molar-refractivity contribution in [2.24, 2.45) is 5.73 Å². The van der Waals surface area contributed by atoms with Crippen LogP contribution in [-0.2, 0) is 6.54 Å². The summed E-state index contributed by atoms with van der Waals surface area (Å²) in [5.41, 5.74) is 9.17. The third-order valence-corrected chi connectivity index (χ3v) is 3.49. The Morgan fingerprint density at radius 2 is 2.25 bits per heavy atom. The molecule has 1 saturated carbocycles. The molecule has 1 unspecified atom stereocenters. The molecule has 0 aliphatic heterocycles. The normalized spacial score (nSPS) is 21.1. The van der Waals surface area contributed by atoms with Gasteiger partial charge in [0.2, 0.25) is 0 Å². The first-order valence-corrected chi connectivity index (χ1v) is 6.13. The van der Waals surface area contributed by atoms with Crippen LogP contribution in [0.3, 0.4) is 0 Å². The molecule has 1 aromatic heterocycles. The molecule has 0 radical (unpaired) electrons. The number of nitrogens with zero attached hydrogens (tertiary/aromatic N) is 1. The Labute approximate surface area is 102 Å². The number of rotatable bonds is 2. The summed E-state index contributed by atoms with van der Waals surface area (Å²) in [6.07, 6.45) is 4.80. The fraction of sp³-hybridized carbons (Fsp3) is 0.462. The highest BCUT2D eigenvalue weighted by molar-refractivity contribution is 6.29. The molecule has 0 saturated heterocycles. The summed E-state index contributed by atoms with van der Waals surface area (Å²) in [5.74, 6) is 0.428. The van der Waals surface area contributed by atoms with Crippen molar-refractivity contribution in [2.45, 2.75) is 38.1 Å². The van der Waals surface area contributed by atoms with Gasteiger partial charge in [-0.1, -0.05) is 36.2 Å². The molecule has 0 bridgehead atoms. The summed E-state index contributed by atoms with van der Waals surface area (Å²) in [7, 11) is 0. The van der Waals surface area contributed by atoms with Crippen LogP contribution in [0.25, 0.3) is 0 Å². The molecule has 2 nitrogen and oxygen atoms in total. The van der Waals surface area contributed by atoms with Gasteiger partial charge in [0, 0.05) is 12.5 Å². The first-order chi connectivity index (χ1) is 7.72. The van der Waals surface area contributed by atoms with Gasteiger partial charge >= 0.3 is 0 Å². The van der Waals surface area contributed by atoms with Crippen LogP contribution in [0.5, 0.6) is 0 Å². The van der Waals surface area contributed by atoms with Gasteiger partial charge in [0.05, 0.1) is 5.69 Å². The monoisotopic (exact) mass is 236 g/mol. The average molecular weight is 237 g/mol. The summed E-state index contributed by atoms with van der Waals surface area (Å²) in [6.45, 7) is 4.61. The van der Waals surface area contributed by atoms with E-state index in [2.05, 4.69) is 17.6 Å². The molecule has 0 aromatic carbocycles. The van der Waals surface area contributed by atoms with Crippen molar-refractivity contribution in [3.8, 4) is 0 Å². The minimum absolute atomic E-state index is 0.428. The molecule has 0 amide bonds.